The van der Waals surface area contributed by atoms with Gasteiger partial charge in [0.05, 0.1) is 0 Å². The molecule has 42 heavy (non-hydrogen) atoms. The summed E-state index contributed by atoms with van der Waals surface area (Å²) in [5.41, 5.74) is 8.44. The van der Waals surface area contributed by atoms with Crippen molar-refractivity contribution in [3.63, 3.8) is 0 Å². The first-order valence-electron chi connectivity index (χ1n) is 15.0. The molecule has 0 amide bonds. The van der Waals surface area contributed by atoms with Crippen LogP contribution in [0.4, 0.5) is 0 Å². The third kappa shape index (κ3) is 3.86. The van der Waals surface area contributed by atoms with Crippen LogP contribution >= 0.6 is 23.5 Å². The predicted molar refractivity (Wildman–Crippen MR) is 182 cm³/mol. The van der Waals surface area contributed by atoms with Crippen LogP contribution in [0.15, 0.2) is 113 Å². The molecule has 0 saturated heterocycles. The van der Waals surface area contributed by atoms with Gasteiger partial charge in [-0.05, 0) is 71.2 Å². The van der Waals surface area contributed by atoms with Crippen LogP contribution in [0.3, 0.4) is 0 Å². The van der Waals surface area contributed by atoms with Crippen molar-refractivity contribution >= 4 is 40.4 Å². The van der Waals surface area contributed by atoms with Crippen molar-refractivity contribution in [3.05, 3.63) is 131 Å². The number of rotatable bonds is 7. The van der Waals surface area contributed by atoms with Crippen molar-refractivity contribution in [1.82, 2.24) is 0 Å². The van der Waals surface area contributed by atoms with Gasteiger partial charge in [-0.15, -0.1) is 23.5 Å². The highest BCUT2D eigenvalue weighted by Crippen LogP contribution is 2.61. The zero-order valence-corrected chi connectivity index (χ0v) is 26.4. The number of hydrogen-bond donors (Lipinski definition) is 0. The monoisotopic (exact) mass is 584 g/mol. The van der Waals surface area contributed by atoms with Gasteiger partial charge < -0.3 is 4.74 Å². The van der Waals surface area contributed by atoms with E-state index in [0.29, 0.717) is 0 Å². The molecule has 1 aliphatic carbocycles. The summed E-state index contributed by atoms with van der Waals surface area (Å²) in [5.74, 6) is 1.00. The van der Waals surface area contributed by atoms with E-state index < -0.39 is 5.60 Å². The van der Waals surface area contributed by atoms with Crippen molar-refractivity contribution in [2.45, 2.75) is 53.9 Å². The summed E-state index contributed by atoms with van der Waals surface area (Å²) in [5, 5.41) is 2.50. The van der Waals surface area contributed by atoms with E-state index in [1.165, 1.54) is 48.4 Å². The lowest BCUT2D eigenvalue weighted by Gasteiger charge is -2.39. The zero-order chi connectivity index (χ0) is 28.9. The van der Waals surface area contributed by atoms with Gasteiger partial charge in [0, 0.05) is 37.3 Å². The second-order valence-electron chi connectivity index (χ2n) is 11.4. The number of hydrogen-bond acceptors (Lipinski definition) is 3. The summed E-state index contributed by atoms with van der Waals surface area (Å²) in [6.45, 7) is 4.69. The Hall–Kier alpha value is -3.40. The molecule has 1 heterocycles. The summed E-state index contributed by atoms with van der Waals surface area (Å²) >= 11 is 3.65. The van der Waals surface area contributed by atoms with Gasteiger partial charge >= 0.3 is 0 Å². The summed E-state index contributed by atoms with van der Waals surface area (Å²) in [4.78, 5) is 2.62. The van der Waals surface area contributed by atoms with Crippen molar-refractivity contribution in [2.75, 3.05) is 12.5 Å². The van der Waals surface area contributed by atoms with E-state index in [-0.39, 0.29) is 5.41 Å². The molecule has 0 N–H and O–H groups in total. The first-order valence-corrected chi connectivity index (χ1v) is 17.4. The molecule has 5 aromatic rings. The second-order valence-corrected chi connectivity index (χ2v) is 13.1. The summed E-state index contributed by atoms with van der Waals surface area (Å²) < 4.78 is 7.52. The minimum absolute atomic E-state index is 0.0517. The van der Waals surface area contributed by atoms with Gasteiger partial charge in [0.2, 0.25) is 0 Å². The van der Waals surface area contributed by atoms with Gasteiger partial charge in [-0.2, -0.15) is 0 Å². The molecule has 1 nitrogen and oxygen atoms in total. The number of fused-ring (bicyclic) bond motifs is 8. The maximum Gasteiger partial charge on any atom is 0.178 e. The first kappa shape index (κ1) is 27.4. The SMILES string of the molecule is CCCC1(CC)c2ccccc2-c2c1c1c(c3cc(SC)c(SC)cc23)OC(c2ccccc2)(c2ccccc2)C=C1. The molecule has 1 unspecified atom stereocenters. The fourth-order valence-electron chi connectivity index (χ4n) is 7.58. The molecule has 0 radical (unpaired) electrons. The molecule has 210 valence electrons. The number of ether oxygens (including phenoxy) is 1. The normalized spacial score (nSPS) is 17.9. The van der Waals surface area contributed by atoms with Crippen LogP contribution in [0, 0.1) is 0 Å². The standard InChI is InChI=1S/C39H36OS2/c1-5-22-38(6-2)32-20-14-13-19-28(32)35-30-24-33(41-3)34(42-4)25-31(30)37-29(36(35)38)21-23-39(40-37,26-15-9-7-10-16-26)27-17-11-8-12-18-27/h7-21,23-25H,5-6,22H2,1-4H3. The minimum atomic E-state index is -0.723. The summed E-state index contributed by atoms with van der Waals surface area (Å²) in [6.07, 6.45) is 12.4. The van der Waals surface area contributed by atoms with Gasteiger partial charge in [-0.1, -0.05) is 111 Å². The van der Waals surface area contributed by atoms with E-state index in [1.54, 1.807) is 0 Å². The van der Waals surface area contributed by atoms with Crippen molar-refractivity contribution in [2.24, 2.45) is 0 Å². The molecule has 7 rings (SSSR count). The maximum atomic E-state index is 7.52. The Kier molecular flexibility index (Phi) is 6.99. The number of thioether (sulfide) groups is 2. The Balaban J connectivity index is 1.63. The highest BCUT2D eigenvalue weighted by atomic mass is 32.2. The topological polar surface area (TPSA) is 9.23 Å². The molecular formula is C39H36OS2. The van der Waals surface area contributed by atoms with E-state index in [0.717, 1.165) is 36.1 Å². The van der Waals surface area contributed by atoms with Crippen LogP contribution in [0.2, 0.25) is 0 Å². The van der Waals surface area contributed by atoms with Crippen LogP contribution < -0.4 is 4.74 Å². The second kappa shape index (κ2) is 10.7. The van der Waals surface area contributed by atoms with Crippen molar-refractivity contribution in [3.8, 4) is 16.9 Å². The quantitative estimate of drug-likeness (QED) is 0.176. The molecule has 2 aliphatic rings. The fraction of sp³-hybridized carbons (Fsp3) is 0.231. The molecule has 0 spiro atoms. The smallest absolute Gasteiger partial charge is 0.178 e. The van der Waals surface area contributed by atoms with Gasteiger partial charge in [-0.25, -0.2) is 0 Å². The van der Waals surface area contributed by atoms with E-state index in [2.05, 4.69) is 136 Å². The third-order valence-electron chi connectivity index (χ3n) is 9.43. The van der Waals surface area contributed by atoms with E-state index in [9.17, 15) is 0 Å². The molecule has 0 fully saturated rings. The molecule has 3 heteroatoms. The first-order chi connectivity index (χ1) is 20.6. The molecule has 0 aromatic heterocycles. The lowest BCUT2D eigenvalue weighted by molar-refractivity contribution is 0.163. The fourth-order valence-corrected chi connectivity index (χ4v) is 9.07. The average Bonchev–Trinajstić information content (AvgIpc) is 3.35. The highest BCUT2D eigenvalue weighted by molar-refractivity contribution is 8.01. The molecule has 1 aliphatic heterocycles. The Bertz CT molecular complexity index is 1780. The van der Waals surface area contributed by atoms with Crippen LogP contribution in [0.5, 0.6) is 5.75 Å². The van der Waals surface area contributed by atoms with Crippen molar-refractivity contribution in [1.29, 1.82) is 0 Å². The molecular weight excluding hydrogens is 549 g/mol. The molecule has 0 bridgehead atoms. The predicted octanol–water partition coefficient (Wildman–Crippen LogP) is 11.1. The number of benzene rings is 5. The van der Waals surface area contributed by atoms with Crippen molar-refractivity contribution < 1.29 is 4.74 Å². The Morgan fingerprint density at radius 1 is 0.714 bits per heavy atom. The Labute approximate surface area is 258 Å². The van der Waals surface area contributed by atoms with Crippen LogP contribution in [0.1, 0.15) is 60.9 Å². The zero-order valence-electron chi connectivity index (χ0n) is 24.7. The highest BCUT2D eigenvalue weighted by Gasteiger charge is 2.47. The third-order valence-corrected chi connectivity index (χ3v) is 11.1. The van der Waals surface area contributed by atoms with Crippen LogP contribution in [0.25, 0.3) is 28.0 Å². The Morgan fingerprint density at radius 2 is 1.31 bits per heavy atom. The molecule has 5 aromatic carbocycles. The van der Waals surface area contributed by atoms with E-state index in [4.69, 9.17) is 4.74 Å². The molecule has 1 atom stereocenters. The Morgan fingerprint density at radius 3 is 1.90 bits per heavy atom. The average molecular weight is 585 g/mol. The van der Waals surface area contributed by atoms with E-state index in [1.807, 2.05) is 23.5 Å². The summed E-state index contributed by atoms with van der Waals surface area (Å²) in [7, 11) is 0. The largest absolute Gasteiger partial charge is 0.472 e. The minimum Gasteiger partial charge on any atom is -0.472 e. The lowest BCUT2D eigenvalue weighted by Crippen LogP contribution is -2.35. The van der Waals surface area contributed by atoms with Gasteiger partial charge in [0.1, 0.15) is 5.75 Å². The van der Waals surface area contributed by atoms with Gasteiger partial charge in [0.15, 0.2) is 5.60 Å². The summed E-state index contributed by atoms with van der Waals surface area (Å²) in [6, 6.07) is 35.4. The lowest BCUT2D eigenvalue weighted by atomic mass is 9.70. The van der Waals surface area contributed by atoms with Crippen LogP contribution in [-0.2, 0) is 11.0 Å². The maximum absolute atomic E-state index is 7.52. The van der Waals surface area contributed by atoms with E-state index >= 15 is 0 Å². The van der Waals surface area contributed by atoms with Gasteiger partial charge in [0.25, 0.3) is 0 Å². The van der Waals surface area contributed by atoms with Crippen LogP contribution in [-0.4, -0.2) is 12.5 Å². The van der Waals surface area contributed by atoms with Gasteiger partial charge in [-0.3, -0.25) is 0 Å². The molecule has 0 saturated carbocycles.